The van der Waals surface area contributed by atoms with Crippen LogP contribution in [0.4, 0.5) is 0 Å². The fourth-order valence-electron chi connectivity index (χ4n) is 4.26. The van der Waals surface area contributed by atoms with E-state index in [1.807, 2.05) is 6.07 Å². The zero-order valence-corrected chi connectivity index (χ0v) is 22.3. The van der Waals surface area contributed by atoms with Gasteiger partial charge in [0.25, 0.3) is 0 Å². The first-order valence-corrected chi connectivity index (χ1v) is 14.3. The minimum Gasteiger partial charge on any atom is -0.508 e. The Balaban J connectivity index is 1.99. The average Bonchev–Trinajstić information content (AvgIpc) is 2.82. The van der Waals surface area contributed by atoms with Crippen LogP contribution in [0.2, 0.25) is 0 Å². The number of benzene rings is 1. The molecule has 0 heterocycles. The Hall–Kier alpha value is -1.77. The lowest BCUT2D eigenvalue weighted by atomic mass is 10.1. The number of aromatic hydroxyl groups is 1. The van der Waals surface area contributed by atoms with Crippen LogP contribution >= 0.6 is 0 Å². The summed E-state index contributed by atoms with van der Waals surface area (Å²) >= 11 is 0. The maximum atomic E-state index is 12.1. The highest BCUT2D eigenvalue weighted by Gasteiger charge is 2.08. The SMILES string of the molecule is CCCCCCCCC/C=C\CCCCCCCC(=O)Oc1ccc(CCCCCC)c(O)c1. The number of rotatable bonds is 22. The van der Waals surface area contributed by atoms with Gasteiger partial charge in [-0.2, -0.15) is 0 Å². The fourth-order valence-corrected chi connectivity index (χ4v) is 4.26. The minimum atomic E-state index is -0.205. The van der Waals surface area contributed by atoms with Gasteiger partial charge in [-0.15, -0.1) is 0 Å². The molecule has 0 bridgehead atoms. The number of hydrogen-bond acceptors (Lipinski definition) is 3. The van der Waals surface area contributed by atoms with Crippen LogP contribution in [-0.4, -0.2) is 11.1 Å². The Kier molecular flexibility index (Phi) is 19.4. The smallest absolute Gasteiger partial charge is 0.311 e. The number of carbonyl (C=O) groups is 1. The Morgan fingerprint density at radius 1 is 0.735 bits per heavy atom. The highest BCUT2D eigenvalue weighted by atomic mass is 16.5. The van der Waals surface area contributed by atoms with Crippen LogP contribution in [0.25, 0.3) is 0 Å². The largest absolute Gasteiger partial charge is 0.508 e. The summed E-state index contributed by atoms with van der Waals surface area (Å²) in [6.07, 6.45) is 28.3. The number of hydrogen-bond donors (Lipinski definition) is 1. The molecule has 0 aliphatic rings. The van der Waals surface area contributed by atoms with Crippen LogP contribution in [-0.2, 0) is 11.2 Å². The van der Waals surface area contributed by atoms with Crippen molar-refractivity contribution < 1.29 is 14.6 Å². The lowest BCUT2D eigenvalue weighted by Gasteiger charge is -2.08. The van der Waals surface area contributed by atoms with Crippen LogP contribution in [0.15, 0.2) is 30.4 Å². The molecule has 0 saturated heterocycles. The molecule has 0 radical (unpaired) electrons. The molecule has 0 fully saturated rings. The van der Waals surface area contributed by atoms with E-state index >= 15 is 0 Å². The van der Waals surface area contributed by atoms with Gasteiger partial charge in [-0.25, -0.2) is 0 Å². The molecular weight excluding hydrogens is 420 g/mol. The number of phenolic OH excluding ortho intramolecular Hbond substituents is 1. The standard InChI is InChI=1S/C31H52O3/c1-3-5-7-9-10-11-12-13-14-15-16-17-18-19-20-22-24-31(33)34-29-26-25-28(30(32)27-29)23-21-8-6-4-2/h14-15,25-27,32H,3-13,16-24H2,1-2H3/b15-14-. The third-order valence-electron chi connectivity index (χ3n) is 6.48. The predicted octanol–water partition coefficient (Wildman–Crippen LogP) is 9.85. The van der Waals surface area contributed by atoms with E-state index in [4.69, 9.17) is 4.74 Å². The third-order valence-corrected chi connectivity index (χ3v) is 6.48. The summed E-state index contributed by atoms with van der Waals surface area (Å²) in [7, 11) is 0. The molecule has 0 amide bonds. The highest BCUT2D eigenvalue weighted by Crippen LogP contribution is 2.25. The van der Waals surface area contributed by atoms with Crippen molar-refractivity contribution in [3.63, 3.8) is 0 Å². The summed E-state index contributed by atoms with van der Waals surface area (Å²) in [4.78, 5) is 12.1. The van der Waals surface area contributed by atoms with Gasteiger partial charge in [0, 0.05) is 12.5 Å². The molecular formula is C31H52O3. The van der Waals surface area contributed by atoms with E-state index in [9.17, 15) is 9.90 Å². The molecule has 194 valence electrons. The molecule has 0 spiro atoms. The summed E-state index contributed by atoms with van der Waals surface area (Å²) in [5.41, 5.74) is 0.934. The van der Waals surface area contributed by atoms with Crippen molar-refractivity contribution in [3.05, 3.63) is 35.9 Å². The van der Waals surface area contributed by atoms with Crippen LogP contribution in [0.5, 0.6) is 11.5 Å². The van der Waals surface area contributed by atoms with Gasteiger partial charge in [-0.05, 0) is 56.6 Å². The third kappa shape index (κ3) is 16.8. The van der Waals surface area contributed by atoms with Crippen molar-refractivity contribution in [2.45, 2.75) is 142 Å². The number of ether oxygens (including phenoxy) is 1. The first-order valence-electron chi connectivity index (χ1n) is 14.3. The molecule has 0 unspecified atom stereocenters. The van der Waals surface area contributed by atoms with E-state index in [-0.39, 0.29) is 11.7 Å². The molecule has 3 heteroatoms. The van der Waals surface area contributed by atoms with E-state index < -0.39 is 0 Å². The highest BCUT2D eigenvalue weighted by molar-refractivity contribution is 5.72. The number of allylic oxidation sites excluding steroid dienone is 2. The molecule has 1 rings (SSSR count). The lowest BCUT2D eigenvalue weighted by molar-refractivity contribution is -0.134. The second-order valence-corrected chi connectivity index (χ2v) is 9.76. The van der Waals surface area contributed by atoms with Crippen molar-refractivity contribution in [3.8, 4) is 11.5 Å². The summed E-state index contributed by atoms with van der Waals surface area (Å²) in [5.74, 6) is 0.477. The van der Waals surface area contributed by atoms with Gasteiger partial charge in [0.15, 0.2) is 0 Å². The van der Waals surface area contributed by atoms with Crippen LogP contribution in [0.3, 0.4) is 0 Å². The molecule has 0 aliphatic carbocycles. The second kappa shape index (κ2) is 21.7. The second-order valence-electron chi connectivity index (χ2n) is 9.76. The molecule has 3 nitrogen and oxygen atoms in total. The van der Waals surface area contributed by atoms with Gasteiger partial charge in [0.05, 0.1) is 0 Å². The van der Waals surface area contributed by atoms with Crippen molar-refractivity contribution in [1.29, 1.82) is 0 Å². The first kappa shape index (κ1) is 30.3. The molecule has 34 heavy (non-hydrogen) atoms. The summed E-state index contributed by atoms with van der Waals surface area (Å²) < 4.78 is 5.41. The molecule has 0 atom stereocenters. The van der Waals surface area contributed by atoms with Crippen LogP contribution in [0, 0.1) is 0 Å². The number of unbranched alkanes of at least 4 members (excludes halogenated alkanes) is 15. The summed E-state index contributed by atoms with van der Waals surface area (Å²) in [6.45, 7) is 4.46. The molecule has 0 aliphatic heterocycles. The van der Waals surface area contributed by atoms with Crippen molar-refractivity contribution in [2.24, 2.45) is 0 Å². The maximum absolute atomic E-state index is 12.1. The first-order chi connectivity index (χ1) is 16.7. The van der Waals surface area contributed by atoms with Crippen molar-refractivity contribution >= 4 is 5.97 Å². The summed E-state index contributed by atoms with van der Waals surface area (Å²) in [6, 6.07) is 5.26. The summed E-state index contributed by atoms with van der Waals surface area (Å²) in [5, 5.41) is 10.2. The van der Waals surface area contributed by atoms with Gasteiger partial charge in [0.1, 0.15) is 11.5 Å². The molecule has 1 aromatic carbocycles. The van der Waals surface area contributed by atoms with E-state index in [2.05, 4.69) is 26.0 Å². The van der Waals surface area contributed by atoms with Crippen LogP contribution in [0.1, 0.15) is 141 Å². The average molecular weight is 473 g/mol. The van der Waals surface area contributed by atoms with Gasteiger partial charge in [-0.1, -0.05) is 109 Å². The van der Waals surface area contributed by atoms with Gasteiger partial charge in [0.2, 0.25) is 0 Å². The Bertz CT molecular complexity index is 650. The van der Waals surface area contributed by atoms with E-state index in [1.54, 1.807) is 12.1 Å². The lowest BCUT2D eigenvalue weighted by Crippen LogP contribution is -2.07. The Morgan fingerprint density at radius 2 is 1.26 bits per heavy atom. The minimum absolute atomic E-state index is 0.205. The molecule has 1 aromatic rings. The molecule has 1 N–H and O–H groups in total. The van der Waals surface area contributed by atoms with Gasteiger partial charge < -0.3 is 9.84 Å². The normalized spacial score (nSPS) is 11.4. The number of aryl methyl sites for hydroxylation is 1. The van der Waals surface area contributed by atoms with E-state index in [0.717, 1.165) is 31.2 Å². The number of phenols is 1. The Labute approximate surface area is 210 Å². The van der Waals surface area contributed by atoms with Crippen LogP contribution < -0.4 is 4.74 Å². The van der Waals surface area contributed by atoms with E-state index in [1.165, 1.54) is 96.3 Å². The Morgan fingerprint density at radius 3 is 1.85 bits per heavy atom. The maximum Gasteiger partial charge on any atom is 0.311 e. The fraction of sp³-hybridized carbons (Fsp3) is 0.710. The van der Waals surface area contributed by atoms with Crippen molar-refractivity contribution in [2.75, 3.05) is 0 Å². The molecule has 0 aromatic heterocycles. The van der Waals surface area contributed by atoms with Crippen molar-refractivity contribution in [1.82, 2.24) is 0 Å². The molecule has 0 saturated carbocycles. The van der Waals surface area contributed by atoms with E-state index in [0.29, 0.717) is 12.2 Å². The zero-order chi connectivity index (χ0) is 24.7. The topological polar surface area (TPSA) is 46.5 Å². The zero-order valence-electron chi connectivity index (χ0n) is 22.3. The number of esters is 1. The number of carbonyl (C=O) groups excluding carboxylic acids is 1. The monoisotopic (exact) mass is 472 g/mol. The van der Waals surface area contributed by atoms with Gasteiger partial charge >= 0.3 is 5.97 Å². The predicted molar refractivity (Wildman–Crippen MR) is 146 cm³/mol. The van der Waals surface area contributed by atoms with Gasteiger partial charge in [-0.3, -0.25) is 4.79 Å². The quantitative estimate of drug-likeness (QED) is 0.0790.